The highest BCUT2D eigenvalue weighted by Gasteiger charge is 2.22. The monoisotopic (exact) mass is 439 g/mol. The van der Waals surface area contributed by atoms with E-state index in [0.717, 1.165) is 0 Å². The molecule has 0 bridgehead atoms. The van der Waals surface area contributed by atoms with Crippen molar-refractivity contribution in [3.05, 3.63) is 95.5 Å². The van der Waals surface area contributed by atoms with Crippen LogP contribution in [-0.4, -0.2) is 29.2 Å². The summed E-state index contributed by atoms with van der Waals surface area (Å²) in [5.74, 6) is -0.370. The lowest BCUT2D eigenvalue weighted by molar-refractivity contribution is 0.102. The molecule has 9 heteroatoms. The Morgan fingerprint density at radius 2 is 1.77 bits per heavy atom. The number of nitrogens with zero attached hydrogens (tertiary/aromatic N) is 3. The van der Waals surface area contributed by atoms with Crippen molar-refractivity contribution in [1.29, 1.82) is 0 Å². The molecule has 0 aliphatic carbocycles. The zero-order valence-corrected chi connectivity index (χ0v) is 17.0. The Bertz CT molecular complexity index is 1290. The molecule has 7 nitrogen and oxygen atoms in total. The molecule has 2 aromatic carbocycles. The Labute approximate surface area is 177 Å². The summed E-state index contributed by atoms with van der Waals surface area (Å²) >= 11 is 6.05. The van der Waals surface area contributed by atoms with Gasteiger partial charge in [0.05, 0.1) is 16.8 Å². The SMILES string of the molecule is O=C(c1ncccn1)c1cc(Cl)ccc1CS(=O)(=O)c1ccc(-c2cnco2)cc1. The molecule has 2 heterocycles. The van der Waals surface area contributed by atoms with Gasteiger partial charge in [0.25, 0.3) is 0 Å². The molecule has 0 fully saturated rings. The van der Waals surface area contributed by atoms with Crippen LogP contribution in [0.5, 0.6) is 0 Å². The third-order valence-electron chi connectivity index (χ3n) is 4.36. The topological polar surface area (TPSA) is 103 Å². The predicted molar refractivity (Wildman–Crippen MR) is 110 cm³/mol. The highest BCUT2D eigenvalue weighted by Crippen LogP contribution is 2.25. The van der Waals surface area contributed by atoms with Crippen LogP contribution in [0.25, 0.3) is 11.3 Å². The van der Waals surface area contributed by atoms with Crippen LogP contribution in [0, 0.1) is 0 Å². The summed E-state index contributed by atoms with van der Waals surface area (Å²) in [5.41, 5.74) is 1.17. The van der Waals surface area contributed by atoms with E-state index < -0.39 is 15.6 Å². The lowest BCUT2D eigenvalue weighted by atomic mass is 10.0. The molecule has 150 valence electrons. The number of halogens is 1. The fraction of sp³-hybridized carbons (Fsp3) is 0.0476. The van der Waals surface area contributed by atoms with Gasteiger partial charge < -0.3 is 4.42 Å². The first-order valence-corrected chi connectivity index (χ1v) is 10.8. The van der Waals surface area contributed by atoms with E-state index in [-0.39, 0.29) is 22.0 Å². The first kappa shape index (κ1) is 19.9. The van der Waals surface area contributed by atoms with Crippen molar-refractivity contribution in [3.63, 3.8) is 0 Å². The van der Waals surface area contributed by atoms with E-state index in [1.54, 1.807) is 30.5 Å². The van der Waals surface area contributed by atoms with Crippen molar-refractivity contribution in [2.75, 3.05) is 0 Å². The maximum Gasteiger partial charge on any atom is 0.230 e. The van der Waals surface area contributed by atoms with Gasteiger partial charge in [0, 0.05) is 28.5 Å². The molecule has 0 unspecified atom stereocenters. The van der Waals surface area contributed by atoms with Crippen molar-refractivity contribution in [2.24, 2.45) is 0 Å². The van der Waals surface area contributed by atoms with Crippen LogP contribution in [0.1, 0.15) is 21.7 Å². The van der Waals surface area contributed by atoms with E-state index in [9.17, 15) is 13.2 Å². The summed E-state index contributed by atoms with van der Waals surface area (Å²) in [6.45, 7) is 0. The van der Waals surface area contributed by atoms with E-state index >= 15 is 0 Å². The number of sulfone groups is 1. The molecule has 30 heavy (non-hydrogen) atoms. The number of hydrogen-bond donors (Lipinski definition) is 0. The average molecular weight is 440 g/mol. The van der Waals surface area contributed by atoms with E-state index in [1.165, 1.54) is 43.1 Å². The summed E-state index contributed by atoms with van der Waals surface area (Å²) in [5, 5.41) is 0.312. The van der Waals surface area contributed by atoms with E-state index in [1.807, 2.05) is 0 Å². The van der Waals surface area contributed by atoms with Crippen LogP contribution in [0.4, 0.5) is 0 Å². The quantitative estimate of drug-likeness (QED) is 0.418. The molecule has 0 radical (unpaired) electrons. The molecule has 4 aromatic rings. The van der Waals surface area contributed by atoms with Gasteiger partial charge in [0.2, 0.25) is 11.6 Å². The van der Waals surface area contributed by atoms with Gasteiger partial charge in [0.15, 0.2) is 22.0 Å². The van der Waals surface area contributed by atoms with Crippen LogP contribution in [-0.2, 0) is 15.6 Å². The van der Waals surface area contributed by atoms with Crippen molar-refractivity contribution in [3.8, 4) is 11.3 Å². The second kappa shape index (κ2) is 8.17. The number of carbonyl (C=O) groups is 1. The zero-order chi connectivity index (χ0) is 21.1. The van der Waals surface area contributed by atoms with Gasteiger partial charge in [-0.25, -0.2) is 23.4 Å². The fourth-order valence-corrected chi connectivity index (χ4v) is 4.45. The van der Waals surface area contributed by atoms with Gasteiger partial charge in [-0.1, -0.05) is 17.7 Å². The van der Waals surface area contributed by atoms with E-state index in [4.69, 9.17) is 16.0 Å². The van der Waals surface area contributed by atoms with Gasteiger partial charge in [0.1, 0.15) is 0 Å². The Hall–Kier alpha value is -3.36. The molecular formula is C21H14ClN3O4S. The smallest absolute Gasteiger partial charge is 0.230 e. The van der Waals surface area contributed by atoms with Crippen molar-refractivity contribution in [2.45, 2.75) is 10.6 Å². The largest absolute Gasteiger partial charge is 0.444 e. The molecule has 2 aromatic heterocycles. The standard InChI is InChI=1S/C21H14ClN3O4S/c22-16-5-2-15(18(10-16)20(26)21-24-8-1-9-25-21)12-30(27,28)17-6-3-14(4-7-17)19-11-23-13-29-19/h1-11,13H,12H2. The second-order valence-corrected chi connectivity index (χ2v) is 8.78. The number of hydrogen-bond acceptors (Lipinski definition) is 7. The van der Waals surface area contributed by atoms with Gasteiger partial charge in [-0.2, -0.15) is 0 Å². The van der Waals surface area contributed by atoms with Gasteiger partial charge in [-0.15, -0.1) is 0 Å². The first-order valence-electron chi connectivity index (χ1n) is 8.76. The molecule has 0 amide bonds. The number of oxazole rings is 1. The zero-order valence-electron chi connectivity index (χ0n) is 15.4. The van der Waals surface area contributed by atoms with Crippen LogP contribution >= 0.6 is 11.6 Å². The summed E-state index contributed by atoms with van der Waals surface area (Å²) in [7, 11) is -3.73. The molecule has 0 spiro atoms. The highest BCUT2D eigenvalue weighted by atomic mass is 35.5. The molecule has 0 aliphatic rings. The molecule has 0 aliphatic heterocycles. The van der Waals surface area contributed by atoms with Crippen LogP contribution < -0.4 is 0 Å². The van der Waals surface area contributed by atoms with E-state index in [2.05, 4.69) is 15.0 Å². The molecule has 4 rings (SSSR count). The van der Waals surface area contributed by atoms with Crippen LogP contribution in [0.3, 0.4) is 0 Å². The summed E-state index contributed by atoms with van der Waals surface area (Å²) in [6, 6.07) is 12.3. The van der Waals surface area contributed by atoms with Gasteiger partial charge >= 0.3 is 0 Å². The van der Waals surface area contributed by atoms with Gasteiger partial charge in [-0.05, 0) is 48.0 Å². The van der Waals surface area contributed by atoms with Crippen molar-refractivity contribution < 1.29 is 17.6 Å². The Morgan fingerprint density at radius 3 is 2.43 bits per heavy atom. The van der Waals surface area contributed by atoms with Crippen LogP contribution in [0.15, 0.2) is 82.8 Å². The van der Waals surface area contributed by atoms with Crippen LogP contribution in [0.2, 0.25) is 5.02 Å². The lowest BCUT2D eigenvalue weighted by Gasteiger charge is -2.10. The first-order chi connectivity index (χ1) is 14.4. The minimum Gasteiger partial charge on any atom is -0.444 e. The second-order valence-electron chi connectivity index (χ2n) is 6.35. The predicted octanol–water partition coefficient (Wildman–Crippen LogP) is 3.99. The maximum absolute atomic E-state index is 13.0. The van der Waals surface area contributed by atoms with Crippen molar-refractivity contribution >= 4 is 27.2 Å². The molecular weight excluding hydrogens is 426 g/mol. The lowest BCUT2D eigenvalue weighted by Crippen LogP contribution is -2.13. The average Bonchev–Trinajstić information content (AvgIpc) is 3.30. The Kier molecular flexibility index (Phi) is 5.43. The number of aromatic nitrogens is 3. The minimum absolute atomic E-state index is 0.0326. The summed E-state index contributed by atoms with van der Waals surface area (Å²) in [4.78, 5) is 24.7. The fourth-order valence-electron chi connectivity index (χ4n) is 2.90. The summed E-state index contributed by atoms with van der Waals surface area (Å²) in [6.07, 6.45) is 5.73. The number of ketones is 1. The highest BCUT2D eigenvalue weighted by molar-refractivity contribution is 7.90. The molecule has 0 N–H and O–H groups in total. The number of carbonyl (C=O) groups excluding carboxylic acids is 1. The Morgan fingerprint density at radius 1 is 1.03 bits per heavy atom. The third-order valence-corrected chi connectivity index (χ3v) is 6.28. The normalized spacial score (nSPS) is 11.4. The third kappa shape index (κ3) is 4.14. The summed E-state index contributed by atoms with van der Waals surface area (Å²) < 4.78 is 31.2. The Balaban J connectivity index is 1.66. The molecule has 0 atom stereocenters. The number of rotatable bonds is 6. The molecule has 0 saturated heterocycles. The van der Waals surface area contributed by atoms with Gasteiger partial charge in [-0.3, -0.25) is 4.79 Å². The molecule has 0 saturated carbocycles. The minimum atomic E-state index is -3.73. The van der Waals surface area contributed by atoms with Crippen molar-refractivity contribution in [1.82, 2.24) is 15.0 Å². The number of benzene rings is 2. The van der Waals surface area contributed by atoms with E-state index in [0.29, 0.717) is 21.9 Å². The maximum atomic E-state index is 13.0.